The lowest BCUT2D eigenvalue weighted by Gasteiger charge is -2.07. The molecule has 0 aliphatic carbocycles. The molecule has 0 amide bonds. The average molecular weight is 324 g/mol. The Morgan fingerprint density at radius 2 is 2.10 bits per heavy atom. The third kappa shape index (κ3) is 4.54. The molecule has 0 unspecified atom stereocenters. The number of benzene rings is 1. The number of pyridine rings is 1. The monoisotopic (exact) mass is 323 g/mol. The largest absolute Gasteiger partial charge is 0.493 e. The van der Waals surface area contributed by atoms with Gasteiger partial charge in [-0.3, -0.25) is 0 Å². The second-order valence-corrected chi connectivity index (χ2v) is 5.49. The lowest BCUT2D eigenvalue weighted by Crippen LogP contribution is -2.12. The quantitative estimate of drug-likeness (QED) is 0.213. The van der Waals surface area contributed by atoms with Gasteiger partial charge in [-0.15, -0.1) is 11.8 Å². The number of ether oxygens (including phenoxy) is 1. The minimum atomic E-state index is 0.0712. The molecule has 0 fully saturated rings. The summed E-state index contributed by atoms with van der Waals surface area (Å²) in [5, 5.41) is 13.0. The van der Waals surface area contributed by atoms with Crippen molar-refractivity contribution in [2.24, 2.45) is 10.9 Å². The molecule has 2 rings (SSSR count). The number of nitrogens with zero attached hydrogens (tertiary/aromatic N) is 2. The molecule has 0 aliphatic heterocycles. The fourth-order valence-electron chi connectivity index (χ4n) is 1.55. The van der Waals surface area contributed by atoms with Crippen molar-refractivity contribution in [2.45, 2.75) is 5.03 Å². The number of nitrogens with two attached hydrogens (primary N) is 1. The summed E-state index contributed by atoms with van der Waals surface area (Å²) in [5.41, 5.74) is 6.12. The van der Waals surface area contributed by atoms with E-state index in [2.05, 4.69) is 10.1 Å². The maximum atomic E-state index is 8.57. The van der Waals surface area contributed by atoms with Crippen molar-refractivity contribution in [3.63, 3.8) is 0 Å². The molecule has 2 aromatic rings. The van der Waals surface area contributed by atoms with Gasteiger partial charge in [-0.1, -0.05) is 16.8 Å². The molecule has 1 aromatic carbocycles. The SMILES string of the molecule is NC(=NO)c1ccc(OCCSc2ncccc2Cl)cc1. The summed E-state index contributed by atoms with van der Waals surface area (Å²) in [6, 6.07) is 10.6. The molecule has 1 heterocycles. The Kier molecular flexibility index (Phi) is 5.71. The summed E-state index contributed by atoms with van der Waals surface area (Å²) in [4.78, 5) is 4.19. The topological polar surface area (TPSA) is 80.7 Å². The van der Waals surface area contributed by atoms with Gasteiger partial charge in [0.15, 0.2) is 5.84 Å². The maximum Gasteiger partial charge on any atom is 0.170 e. The van der Waals surface area contributed by atoms with Crippen LogP contribution in [0.2, 0.25) is 5.02 Å². The van der Waals surface area contributed by atoms with E-state index >= 15 is 0 Å². The van der Waals surface area contributed by atoms with Crippen molar-refractivity contribution in [2.75, 3.05) is 12.4 Å². The molecule has 0 saturated carbocycles. The highest BCUT2D eigenvalue weighted by Crippen LogP contribution is 2.24. The van der Waals surface area contributed by atoms with Gasteiger partial charge in [0.25, 0.3) is 0 Å². The molecule has 1 aromatic heterocycles. The Hall–Kier alpha value is -1.92. The highest BCUT2D eigenvalue weighted by atomic mass is 35.5. The van der Waals surface area contributed by atoms with Crippen LogP contribution in [0.3, 0.4) is 0 Å². The summed E-state index contributed by atoms with van der Waals surface area (Å²) in [5.74, 6) is 1.53. The Morgan fingerprint density at radius 3 is 2.76 bits per heavy atom. The van der Waals surface area contributed by atoms with Crippen molar-refractivity contribution < 1.29 is 9.94 Å². The standard InChI is InChI=1S/C14H14ClN3O2S/c15-12-2-1-7-17-14(12)21-9-8-20-11-5-3-10(4-6-11)13(16)18-19/h1-7,19H,8-9H2,(H2,16,18). The van der Waals surface area contributed by atoms with Crippen LogP contribution in [0, 0.1) is 0 Å². The number of hydrogen-bond acceptors (Lipinski definition) is 5. The van der Waals surface area contributed by atoms with Crippen LogP contribution in [0.15, 0.2) is 52.8 Å². The van der Waals surface area contributed by atoms with Crippen LogP contribution in [0.1, 0.15) is 5.56 Å². The Labute approximate surface area is 131 Å². The van der Waals surface area contributed by atoms with Gasteiger partial charge < -0.3 is 15.7 Å². The molecule has 21 heavy (non-hydrogen) atoms. The third-order valence-electron chi connectivity index (χ3n) is 2.57. The number of aromatic nitrogens is 1. The van der Waals surface area contributed by atoms with Crippen LogP contribution in [-0.4, -0.2) is 28.4 Å². The molecule has 0 saturated heterocycles. The third-order valence-corrected chi connectivity index (χ3v) is 3.96. The van der Waals surface area contributed by atoms with Crippen molar-refractivity contribution in [3.05, 3.63) is 53.2 Å². The van der Waals surface area contributed by atoms with Gasteiger partial charge in [0, 0.05) is 17.5 Å². The summed E-state index contributed by atoms with van der Waals surface area (Å²) < 4.78 is 5.60. The van der Waals surface area contributed by atoms with Crippen molar-refractivity contribution in [1.29, 1.82) is 0 Å². The van der Waals surface area contributed by atoms with E-state index < -0.39 is 0 Å². The molecule has 0 radical (unpaired) electrons. The molecule has 0 atom stereocenters. The van der Waals surface area contributed by atoms with E-state index in [4.69, 9.17) is 27.3 Å². The lowest BCUT2D eigenvalue weighted by atomic mass is 10.2. The van der Waals surface area contributed by atoms with Crippen molar-refractivity contribution in [1.82, 2.24) is 4.98 Å². The Balaban J connectivity index is 1.80. The van der Waals surface area contributed by atoms with Gasteiger partial charge >= 0.3 is 0 Å². The molecular weight excluding hydrogens is 310 g/mol. The Bertz CT molecular complexity index is 620. The average Bonchev–Trinajstić information content (AvgIpc) is 2.53. The van der Waals surface area contributed by atoms with Gasteiger partial charge in [-0.05, 0) is 36.4 Å². The second kappa shape index (κ2) is 7.75. The van der Waals surface area contributed by atoms with E-state index in [-0.39, 0.29) is 5.84 Å². The van der Waals surface area contributed by atoms with E-state index in [1.54, 1.807) is 36.5 Å². The van der Waals surface area contributed by atoms with Crippen LogP contribution in [0.5, 0.6) is 5.75 Å². The number of oxime groups is 1. The molecule has 7 heteroatoms. The van der Waals surface area contributed by atoms with Gasteiger partial charge in [-0.25, -0.2) is 4.98 Å². The van der Waals surface area contributed by atoms with Crippen LogP contribution in [0.25, 0.3) is 0 Å². The maximum absolute atomic E-state index is 8.57. The summed E-state index contributed by atoms with van der Waals surface area (Å²) >= 11 is 7.55. The summed E-state index contributed by atoms with van der Waals surface area (Å²) in [7, 11) is 0. The number of halogens is 1. The lowest BCUT2D eigenvalue weighted by molar-refractivity contribution is 0.318. The highest BCUT2D eigenvalue weighted by molar-refractivity contribution is 7.99. The normalized spacial score (nSPS) is 11.4. The van der Waals surface area contributed by atoms with E-state index in [0.29, 0.717) is 17.2 Å². The number of amidine groups is 1. The first-order chi connectivity index (χ1) is 10.2. The minimum Gasteiger partial charge on any atom is -0.493 e. The number of rotatable bonds is 6. The van der Waals surface area contributed by atoms with Gasteiger partial charge in [0.2, 0.25) is 0 Å². The number of thioether (sulfide) groups is 1. The zero-order valence-electron chi connectivity index (χ0n) is 11.1. The van der Waals surface area contributed by atoms with Crippen LogP contribution >= 0.6 is 23.4 Å². The molecule has 0 bridgehead atoms. The fourth-order valence-corrected chi connectivity index (χ4v) is 2.54. The van der Waals surface area contributed by atoms with Crippen LogP contribution in [0.4, 0.5) is 0 Å². The van der Waals surface area contributed by atoms with Crippen molar-refractivity contribution in [3.8, 4) is 5.75 Å². The van der Waals surface area contributed by atoms with Crippen LogP contribution < -0.4 is 10.5 Å². The van der Waals surface area contributed by atoms with Gasteiger partial charge in [0.05, 0.1) is 11.6 Å². The van der Waals surface area contributed by atoms with E-state index in [0.717, 1.165) is 16.5 Å². The second-order valence-electron chi connectivity index (χ2n) is 4.00. The molecule has 110 valence electrons. The zero-order valence-corrected chi connectivity index (χ0v) is 12.6. The highest BCUT2D eigenvalue weighted by Gasteiger charge is 2.02. The van der Waals surface area contributed by atoms with Gasteiger partial charge in [0.1, 0.15) is 10.8 Å². The first-order valence-electron chi connectivity index (χ1n) is 6.15. The van der Waals surface area contributed by atoms with E-state index in [1.807, 2.05) is 6.07 Å². The molecule has 3 N–H and O–H groups in total. The van der Waals surface area contributed by atoms with Crippen molar-refractivity contribution >= 4 is 29.2 Å². The molecule has 0 aliphatic rings. The van der Waals surface area contributed by atoms with E-state index in [9.17, 15) is 0 Å². The smallest absolute Gasteiger partial charge is 0.170 e. The first kappa shape index (κ1) is 15.5. The van der Waals surface area contributed by atoms with Crippen LogP contribution in [-0.2, 0) is 0 Å². The number of hydrogen-bond donors (Lipinski definition) is 2. The molecule has 0 spiro atoms. The minimum absolute atomic E-state index is 0.0712. The van der Waals surface area contributed by atoms with Gasteiger partial charge in [-0.2, -0.15) is 0 Å². The first-order valence-corrected chi connectivity index (χ1v) is 7.51. The predicted molar refractivity (Wildman–Crippen MR) is 84.4 cm³/mol. The summed E-state index contributed by atoms with van der Waals surface area (Å²) in [6.07, 6.45) is 1.71. The molecular formula is C14H14ClN3O2S. The Morgan fingerprint density at radius 1 is 1.33 bits per heavy atom. The van der Waals surface area contributed by atoms with E-state index in [1.165, 1.54) is 11.8 Å². The summed E-state index contributed by atoms with van der Waals surface area (Å²) in [6.45, 7) is 0.528. The fraction of sp³-hybridized carbons (Fsp3) is 0.143. The zero-order chi connectivity index (χ0) is 15.1. The molecule has 5 nitrogen and oxygen atoms in total. The predicted octanol–water partition coefficient (Wildman–Crippen LogP) is 3.00.